The fourth-order valence-electron chi connectivity index (χ4n) is 3.40. The van der Waals surface area contributed by atoms with Crippen LogP contribution in [-0.2, 0) is 6.42 Å². The van der Waals surface area contributed by atoms with Crippen molar-refractivity contribution >= 4 is 0 Å². The molecule has 1 heteroatoms. The molecule has 0 amide bonds. The third kappa shape index (κ3) is 2.77. The standard InChI is InChI=1S/C17H25N/c18-17(11-12-17)13-15-9-5-6-10-16(15)14-7-3-1-2-4-8-14/h5-6,9-10,14H,1-4,7-8,11-13,18H2. The van der Waals surface area contributed by atoms with Crippen molar-refractivity contribution in [3.63, 3.8) is 0 Å². The number of rotatable bonds is 3. The fourth-order valence-corrected chi connectivity index (χ4v) is 3.40. The summed E-state index contributed by atoms with van der Waals surface area (Å²) in [4.78, 5) is 0. The fraction of sp³-hybridized carbons (Fsp3) is 0.647. The van der Waals surface area contributed by atoms with E-state index in [1.165, 1.54) is 56.9 Å². The Morgan fingerprint density at radius 2 is 1.67 bits per heavy atom. The molecular weight excluding hydrogens is 218 g/mol. The van der Waals surface area contributed by atoms with Gasteiger partial charge in [0.25, 0.3) is 0 Å². The van der Waals surface area contributed by atoms with Gasteiger partial charge >= 0.3 is 0 Å². The highest BCUT2D eigenvalue weighted by molar-refractivity contribution is 5.33. The van der Waals surface area contributed by atoms with Crippen LogP contribution in [0.4, 0.5) is 0 Å². The van der Waals surface area contributed by atoms with Crippen molar-refractivity contribution in [2.75, 3.05) is 0 Å². The van der Waals surface area contributed by atoms with Crippen LogP contribution in [0.1, 0.15) is 68.4 Å². The highest BCUT2D eigenvalue weighted by Gasteiger charge is 2.38. The summed E-state index contributed by atoms with van der Waals surface area (Å²) in [6, 6.07) is 9.06. The molecular formula is C17H25N. The first-order chi connectivity index (χ1) is 8.77. The minimum Gasteiger partial charge on any atom is -0.325 e. The van der Waals surface area contributed by atoms with Crippen molar-refractivity contribution in [1.29, 1.82) is 0 Å². The van der Waals surface area contributed by atoms with E-state index in [1.54, 1.807) is 5.56 Å². The summed E-state index contributed by atoms with van der Waals surface area (Å²) in [6.07, 6.45) is 12.0. The van der Waals surface area contributed by atoms with Gasteiger partial charge in [0.05, 0.1) is 0 Å². The van der Waals surface area contributed by atoms with Gasteiger partial charge in [-0.2, -0.15) is 0 Å². The van der Waals surface area contributed by atoms with Crippen LogP contribution in [0.2, 0.25) is 0 Å². The maximum absolute atomic E-state index is 6.31. The number of hydrogen-bond acceptors (Lipinski definition) is 1. The van der Waals surface area contributed by atoms with E-state index in [0.717, 1.165) is 12.3 Å². The highest BCUT2D eigenvalue weighted by Crippen LogP contribution is 2.39. The topological polar surface area (TPSA) is 26.0 Å². The van der Waals surface area contributed by atoms with Crippen LogP contribution in [0.15, 0.2) is 24.3 Å². The van der Waals surface area contributed by atoms with E-state index in [0.29, 0.717) is 0 Å². The average Bonchev–Trinajstić information content (AvgIpc) is 3.14. The first-order valence-corrected chi connectivity index (χ1v) is 7.64. The number of nitrogens with two attached hydrogens (primary N) is 1. The zero-order valence-corrected chi connectivity index (χ0v) is 11.3. The van der Waals surface area contributed by atoms with E-state index >= 15 is 0 Å². The lowest BCUT2D eigenvalue weighted by Crippen LogP contribution is -2.25. The maximum Gasteiger partial charge on any atom is 0.0196 e. The van der Waals surface area contributed by atoms with Gasteiger partial charge in [0, 0.05) is 5.54 Å². The molecule has 2 N–H and O–H groups in total. The van der Waals surface area contributed by atoms with Crippen LogP contribution in [-0.4, -0.2) is 5.54 Å². The maximum atomic E-state index is 6.31. The Balaban J connectivity index is 1.80. The molecule has 0 heterocycles. The second-order valence-electron chi connectivity index (χ2n) is 6.43. The van der Waals surface area contributed by atoms with Gasteiger partial charge in [-0.3, -0.25) is 0 Å². The lowest BCUT2D eigenvalue weighted by Gasteiger charge is -2.20. The van der Waals surface area contributed by atoms with Crippen LogP contribution in [0.5, 0.6) is 0 Å². The Morgan fingerprint density at radius 3 is 2.33 bits per heavy atom. The van der Waals surface area contributed by atoms with Gasteiger partial charge in [-0.25, -0.2) is 0 Å². The summed E-state index contributed by atoms with van der Waals surface area (Å²) in [6.45, 7) is 0. The molecule has 1 aromatic rings. The molecule has 0 unspecified atom stereocenters. The summed E-state index contributed by atoms with van der Waals surface area (Å²) in [5.74, 6) is 0.797. The predicted molar refractivity (Wildman–Crippen MR) is 76.7 cm³/mol. The monoisotopic (exact) mass is 243 g/mol. The van der Waals surface area contributed by atoms with Crippen molar-refractivity contribution < 1.29 is 0 Å². The molecule has 0 bridgehead atoms. The summed E-state index contributed by atoms with van der Waals surface area (Å²) < 4.78 is 0. The Labute approximate surface area is 111 Å². The van der Waals surface area contributed by atoms with Gasteiger partial charge < -0.3 is 5.73 Å². The lowest BCUT2D eigenvalue weighted by atomic mass is 9.86. The zero-order chi connectivity index (χ0) is 12.4. The predicted octanol–water partition coefficient (Wildman–Crippen LogP) is 4.16. The molecule has 1 aromatic carbocycles. The minimum absolute atomic E-state index is 0.140. The van der Waals surface area contributed by atoms with E-state index in [-0.39, 0.29) is 5.54 Å². The molecule has 0 spiro atoms. The molecule has 0 radical (unpaired) electrons. The van der Waals surface area contributed by atoms with Gasteiger partial charge in [-0.15, -0.1) is 0 Å². The quantitative estimate of drug-likeness (QED) is 0.793. The number of hydrogen-bond donors (Lipinski definition) is 1. The Morgan fingerprint density at radius 1 is 1.00 bits per heavy atom. The summed E-state index contributed by atoms with van der Waals surface area (Å²) in [5, 5.41) is 0. The van der Waals surface area contributed by atoms with E-state index in [2.05, 4.69) is 24.3 Å². The molecule has 3 rings (SSSR count). The average molecular weight is 243 g/mol. The van der Waals surface area contributed by atoms with Gasteiger partial charge in [0.1, 0.15) is 0 Å². The molecule has 2 aliphatic carbocycles. The second kappa shape index (κ2) is 5.05. The third-order valence-electron chi connectivity index (χ3n) is 4.78. The molecule has 0 atom stereocenters. The van der Waals surface area contributed by atoms with Crippen molar-refractivity contribution in [1.82, 2.24) is 0 Å². The largest absolute Gasteiger partial charge is 0.325 e. The summed E-state index contributed by atoms with van der Waals surface area (Å²) in [5.41, 5.74) is 9.59. The van der Waals surface area contributed by atoms with Crippen molar-refractivity contribution in [3.05, 3.63) is 35.4 Å². The lowest BCUT2D eigenvalue weighted by molar-refractivity contribution is 0.578. The molecule has 98 valence electrons. The van der Waals surface area contributed by atoms with Crippen LogP contribution in [0.25, 0.3) is 0 Å². The van der Waals surface area contributed by atoms with Crippen molar-refractivity contribution in [2.24, 2.45) is 5.73 Å². The normalized spacial score (nSPS) is 23.6. The zero-order valence-electron chi connectivity index (χ0n) is 11.3. The molecule has 0 saturated heterocycles. The molecule has 0 aromatic heterocycles. The third-order valence-corrected chi connectivity index (χ3v) is 4.78. The Bertz CT molecular complexity index is 398. The second-order valence-corrected chi connectivity index (χ2v) is 6.43. The van der Waals surface area contributed by atoms with Crippen LogP contribution >= 0.6 is 0 Å². The molecule has 2 saturated carbocycles. The summed E-state index contributed by atoms with van der Waals surface area (Å²) in [7, 11) is 0. The van der Waals surface area contributed by atoms with Crippen LogP contribution in [0, 0.1) is 0 Å². The van der Waals surface area contributed by atoms with Crippen LogP contribution < -0.4 is 5.73 Å². The Kier molecular flexibility index (Phi) is 3.43. The van der Waals surface area contributed by atoms with E-state index in [4.69, 9.17) is 5.73 Å². The molecule has 1 nitrogen and oxygen atoms in total. The molecule has 18 heavy (non-hydrogen) atoms. The van der Waals surface area contributed by atoms with Gasteiger partial charge in [0.2, 0.25) is 0 Å². The van der Waals surface area contributed by atoms with E-state index in [9.17, 15) is 0 Å². The Hall–Kier alpha value is -0.820. The summed E-state index contributed by atoms with van der Waals surface area (Å²) >= 11 is 0. The minimum atomic E-state index is 0.140. The SMILES string of the molecule is NC1(Cc2ccccc2C2CCCCCC2)CC1. The van der Waals surface area contributed by atoms with Gasteiger partial charge in [0.15, 0.2) is 0 Å². The van der Waals surface area contributed by atoms with E-state index < -0.39 is 0 Å². The molecule has 0 aliphatic heterocycles. The first-order valence-electron chi connectivity index (χ1n) is 7.64. The van der Waals surface area contributed by atoms with Crippen molar-refractivity contribution in [2.45, 2.75) is 69.2 Å². The van der Waals surface area contributed by atoms with Crippen molar-refractivity contribution in [3.8, 4) is 0 Å². The van der Waals surface area contributed by atoms with Crippen LogP contribution in [0.3, 0.4) is 0 Å². The van der Waals surface area contributed by atoms with Gasteiger partial charge in [-0.05, 0) is 49.1 Å². The molecule has 2 aliphatic rings. The van der Waals surface area contributed by atoms with Gasteiger partial charge in [-0.1, -0.05) is 49.9 Å². The highest BCUT2D eigenvalue weighted by atomic mass is 14.8. The number of benzene rings is 1. The van der Waals surface area contributed by atoms with E-state index in [1.807, 2.05) is 0 Å². The smallest absolute Gasteiger partial charge is 0.0196 e. The molecule has 2 fully saturated rings. The first kappa shape index (κ1) is 12.2.